The first-order valence-corrected chi connectivity index (χ1v) is 10.7. The van der Waals surface area contributed by atoms with Crippen molar-refractivity contribution < 1.29 is 4.79 Å². The molecular formula is C25H29N3O. The summed E-state index contributed by atoms with van der Waals surface area (Å²) < 4.78 is 2.17. The monoisotopic (exact) mass is 387 g/mol. The van der Waals surface area contributed by atoms with E-state index in [0.717, 1.165) is 40.6 Å². The van der Waals surface area contributed by atoms with Crippen LogP contribution in [0.1, 0.15) is 41.6 Å². The van der Waals surface area contributed by atoms with Gasteiger partial charge >= 0.3 is 0 Å². The summed E-state index contributed by atoms with van der Waals surface area (Å²) in [5, 5.41) is 4.44. The van der Waals surface area contributed by atoms with Crippen molar-refractivity contribution in [1.29, 1.82) is 0 Å². The van der Waals surface area contributed by atoms with Gasteiger partial charge in [0.25, 0.3) is 5.91 Å². The molecule has 1 N–H and O–H groups in total. The minimum Gasteiger partial charge on any atom is -0.349 e. The fourth-order valence-electron chi connectivity index (χ4n) is 5.50. The molecular weight excluding hydrogens is 358 g/mol. The molecule has 29 heavy (non-hydrogen) atoms. The molecule has 3 heterocycles. The van der Waals surface area contributed by atoms with E-state index in [4.69, 9.17) is 0 Å². The number of aryl methyl sites for hydroxylation is 2. The smallest absolute Gasteiger partial charge is 0.254 e. The van der Waals surface area contributed by atoms with Gasteiger partial charge in [0.15, 0.2) is 0 Å². The molecule has 0 radical (unpaired) electrons. The number of rotatable bonds is 3. The standard InChI is InChI=1S/C25H29N3O/c1-16-9-12-21-22(13-16)28(3)24(17-7-5-4-6-8-17)23(21)25(29)26-18-14-19-10-11-20(15-18)27(19)2/h4-9,12-13,18-20H,10-11,14-15H2,1-3H3,(H,26,29). The highest BCUT2D eigenvalue weighted by molar-refractivity contribution is 6.13. The lowest BCUT2D eigenvalue weighted by Gasteiger charge is -2.36. The van der Waals surface area contributed by atoms with E-state index in [0.29, 0.717) is 12.1 Å². The molecule has 2 saturated heterocycles. The van der Waals surface area contributed by atoms with Gasteiger partial charge in [-0.05, 0) is 56.8 Å². The maximum atomic E-state index is 13.6. The maximum absolute atomic E-state index is 13.6. The Morgan fingerprint density at radius 2 is 1.69 bits per heavy atom. The third-order valence-electron chi connectivity index (χ3n) is 7.06. The van der Waals surface area contributed by atoms with E-state index < -0.39 is 0 Å². The second-order valence-corrected chi connectivity index (χ2v) is 8.86. The predicted octanol–water partition coefficient (Wildman–Crippen LogP) is 4.51. The second-order valence-electron chi connectivity index (χ2n) is 8.86. The Morgan fingerprint density at radius 1 is 1.00 bits per heavy atom. The molecule has 0 spiro atoms. The molecule has 2 atom stereocenters. The zero-order valence-corrected chi connectivity index (χ0v) is 17.5. The fourth-order valence-corrected chi connectivity index (χ4v) is 5.50. The Kier molecular flexibility index (Phi) is 4.47. The summed E-state index contributed by atoms with van der Waals surface area (Å²) >= 11 is 0. The van der Waals surface area contributed by atoms with Crippen LogP contribution in [0.4, 0.5) is 0 Å². The van der Waals surface area contributed by atoms with Gasteiger partial charge in [-0.3, -0.25) is 4.79 Å². The summed E-state index contributed by atoms with van der Waals surface area (Å²) in [6, 6.07) is 18.1. The van der Waals surface area contributed by atoms with Gasteiger partial charge in [-0.15, -0.1) is 0 Å². The number of aromatic nitrogens is 1. The van der Waals surface area contributed by atoms with Crippen LogP contribution in [-0.2, 0) is 7.05 Å². The number of carbonyl (C=O) groups is 1. The molecule has 4 heteroatoms. The number of piperidine rings is 1. The van der Waals surface area contributed by atoms with Gasteiger partial charge in [0, 0.05) is 36.1 Å². The number of carbonyl (C=O) groups excluding carboxylic acids is 1. The van der Waals surface area contributed by atoms with Crippen LogP contribution in [-0.4, -0.2) is 40.5 Å². The highest BCUT2D eigenvalue weighted by Crippen LogP contribution is 2.36. The van der Waals surface area contributed by atoms with E-state index in [2.05, 4.69) is 66.1 Å². The van der Waals surface area contributed by atoms with Crippen LogP contribution in [0.15, 0.2) is 48.5 Å². The number of benzene rings is 2. The summed E-state index contributed by atoms with van der Waals surface area (Å²) in [5.41, 5.74) is 5.20. The van der Waals surface area contributed by atoms with Gasteiger partial charge in [-0.25, -0.2) is 0 Å². The van der Waals surface area contributed by atoms with Crippen molar-refractivity contribution in [2.75, 3.05) is 7.05 Å². The van der Waals surface area contributed by atoms with Crippen molar-refractivity contribution in [3.05, 3.63) is 59.7 Å². The molecule has 5 rings (SSSR count). The zero-order valence-electron chi connectivity index (χ0n) is 17.5. The van der Waals surface area contributed by atoms with Crippen molar-refractivity contribution in [3.63, 3.8) is 0 Å². The first kappa shape index (κ1) is 18.4. The largest absolute Gasteiger partial charge is 0.349 e. The molecule has 3 aromatic rings. The van der Waals surface area contributed by atoms with Crippen LogP contribution in [0.2, 0.25) is 0 Å². The average Bonchev–Trinajstić information content (AvgIpc) is 3.10. The molecule has 4 nitrogen and oxygen atoms in total. The SMILES string of the molecule is Cc1ccc2c(C(=O)NC3CC4CCC(C3)N4C)c(-c3ccccc3)n(C)c2c1. The topological polar surface area (TPSA) is 37.3 Å². The van der Waals surface area contributed by atoms with E-state index >= 15 is 0 Å². The van der Waals surface area contributed by atoms with E-state index in [-0.39, 0.29) is 11.9 Å². The molecule has 2 aliphatic rings. The maximum Gasteiger partial charge on any atom is 0.254 e. The van der Waals surface area contributed by atoms with Gasteiger partial charge in [-0.1, -0.05) is 42.5 Å². The number of nitrogens with zero attached hydrogens (tertiary/aromatic N) is 2. The molecule has 1 aromatic heterocycles. The summed E-state index contributed by atoms with van der Waals surface area (Å²) in [5.74, 6) is 0.0623. The predicted molar refractivity (Wildman–Crippen MR) is 118 cm³/mol. The first-order chi connectivity index (χ1) is 14.0. The van der Waals surface area contributed by atoms with Crippen molar-refractivity contribution in [1.82, 2.24) is 14.8 Å². The molecule has 0 aliphatic carbocycles. The number of fused-ring (bicyclic) bond motifs is 3. The number of nitrogens with one attached hydrogen (secondary N) is 1. The van der Waals surface area contributed by atoms with Crippen molar-refractivity contribution in [2.24, 2.45) is 7.05 Å². The van der Waals surface area contributed by atoms with Crippen molar-refractivity contribution in [3.8, 4) is 11.3 Å². The first-order valence-electron chi connectivity index (χ1n) is 10.7. The Hall–Kier alpha value is -2.59. The molecule has 2 unspecified atom stereocenters. The third kappa shape index (κ3) is 3.06. The van der Waals surface area contributed by atoms with Crippen molar-refractivity contribution >= 4 is 16.8 Å². The lowest BCUT2D eigenvalue weighted by Crippen LogP contribution is -2.48. The molecule has 2 aromatic carbocycles. The van der Waals surface area contributed by atoms with Gasteiger partial charge in [0.05, 0.1) is 11.3 Å². The summed E-state index contributed by atoms with van der Waals surface area (Å²) in [6.45, 7) is 2.10. The molecule has 2 aliphatic heterocycles. The molecule has 2 bridgehead atoms. The molecule has 150 valence electrons. The summed E-state index contributed by atoms with van der Waals surface area (Å²) in [7, 11) is 4.30. The summed E-state index contributed by atoms with van der Waals surface area (Å²) in [4.78, 5) is 16.1. The molecule has 2 fully saturated rings. The Bertz CT molecular complexity index is 1050. The van der Waals surface area contributed by atoms with Crippen molar-refractivity contribution in [2.45, 2.75) is 50.7 Å². The lowest BCUT2D eigenvalue weighted by atomic mass is 9.97. The third-order valence-corrected chi connectivity index (χ3v) is 7.06. The van der Waals surface area contributed by atoms with E-state index in [1.165, 1.54) is 18.4 Å². The van der Waals surface area contributed by atoms with Crippen LogP contribution >= 0.6 is 0 Å². The highest BCUT2D eigenvalue weighted by atomic mass is 16.1. The summed E-state index contributed by atoms with van der Waals surface area (Å²) in [6.07, 6.45) is 4.64. The molecule has 0 saturated carbocycles. The zero-order chi connectivity index (χ0) is 20.1. The van der Waals surface area contributed by atoms with Crippen LogP contribution in [0.5, 0.6) is 0 Å². The average molecular weight is 388 g/mol. The number of hydrogen-bond acceptors (Lipinski definition) is 2. The minimum atomic E-state index is 0.0623. The minimum absolute atomic E-state index is 0.0623. The van der Waals surface area contributed by atoms with Crippen LogP contribution in [0.3, 0.4) is 0 Å². The normalized spacial score (nSPS) is 24.2. The number of hydrogen-bond donors (Lipinski definition) is 1. The van der Waals surface area contributed by atoms with E-state index in [9.17, 15) is 4.79 Å². The van der Waals surface area contributed by atoms with E-state index in [1.54, 1.807) is 0 Å². The van der Waals surface area contributed by atoms with Gasteiger partial charge in [-0.2, -0.15) is 0 Å². The van der Waals surface area contributed by atoms with Gasteiger partial charge < -0.3 is 14.8 Å². The Labute approximate surface area is 172 Å². The molecule has 1 amide bonds. The second kappa shape index (κ2) is 7.03. The number of amides is 1. The lowest BCUT2D eigenvalue weighted by molar-refractivity contribution is 0.0884. The Balaban J connectivity index is 1.56. The Morgan fingerprint density at radius 3 is 2.38 bits per heavy atom. The van der Waals surface area contributed by atoms with E-state index in [1.807, 2.05) is 18.2 Å². The van der Waals surface area contributed by atoms with Gasteiger partial charge in [0.1, 0.15) is 0 Å². The highest BCUT2D eigenvalue weighted by Gasteiger charge is 2.39. The van der Waals surface area contributed by atoms with Crippen LogP contribution in [0, 0.1) is 6.92 Å². The van der Waals surface area contributed by atoms with Gasteiger partial charge in [0.2, 0.25) is 0 Å². The quantitative estimate of drug-likeness (QED) is 0.718. The van der Waals surface area contributed by atoms with Crippen LogP contribution in [0.25, 0.3) is 22.2 Å². The fraction of sp³-hybridized carbons (Fsp3) is 0.400. The van der Waals surface area contributed by atoms with Crippen LogP contribution < -0.4 is 5.32 Å².